The molecule has 0 aromatic heterocycles. The van der Waals surface area contributed by atoms with Gasteiger partial charge in [-0.3, -0.25) is 0 Å². The van der Waals surface area contributed by atoms with Crippen molar-refractivity contribution in [2.45, 2.75) is 106 Å². The summed E-state index contributed by atoms with van der Waals surface area (Å²) in [5.41, 5.74) is 9.69. The largest absolute Gasteiger partial charge is 0.115 e. The first-order valence-electron chi connectivity index (χ1n) is 13.7. The Hall–Kier alpha value is -2.78. The number of rotatable bonds is 8. The summed E-state index contributed by atoms with van der Waals surface area (Å²) >= 11 is 0. The van der Waals surface area contributed by atoms with E-state index in [0.717, 1.165) is 11.1 Å². The third-order valence-electron chi connectivity index (χ3n) is 6.83. The van der Waals surface area contributed by atoms with E-state index in [0.29, 0.717) is 5.92 Å². The molecule has 0 heteroatoms. The topological polar surface area (TPSA) is 0 Å². The number of unbranched alkanes of at least 4 members (excludes halogenated alkanes) is 1. The lowest BCUT2D eigenvalue weighted by molar-refractivity contribution is 0.567. The molecule has 1 aliphatic carbocycles. The van der Waals surface area contributed by atoms with Crippen molar-refractivity contribution in [3.05, 3.63) is 101 Å². The van der Waals surface area contributed by atoms with Gasteiger partial charge in [0, 0.05) is 5.41 Å². The number of hydrogen-bond acceptors (Lipinski definition) is 0. The van der Waals surface area contributed by atoms with Gasteiger partial charge in [0.15, 0.2) is 0 Å². The van der Waals surface area contributed by atoms with Crippen molar-refractivity contribution in [1.29, 1.82) is 0 Å². The lowest BCUT2D eigenvalue weighted by Gasteiger charge is -2.30. The first kappa shape index (κ1) is 33.2. The molecule has 0 nitrogen and oxygen atoms in total. The fourth-order valence-corrected chi connectivity index (χ4v) is 4.26. The van der Waals surface area contributed by atoms with Gasteiger partial charge in [-0.1, -0.05) is 107 Å². The second kappa shape index (κ2) is 16.8. The van der Waals surface area contributed by atoms with Crippen LogP contribution in [0.2, 0.25) is 0 Å². The van der Waals surface area contributed by atoms with E-state index < -0.39 is 0 Å². The summed E-state index contributed by atoms with van der Waals surface area (Å²) < 4.78 is 0. The summed E-state index contributed by atoms with van der Waals surface area (Å²) in [6.07, 6.45) is 21.3. The van der Waals surface area contributed by atoms with Crippen LogP contribution in [-0.2, 0) is 5.41 Å². The van der Waals surface area contributed by atoms with Crippen LogP contribution in [0, 0.1) is 12.3 Å². The van der Waals surface area contributed by atoms with Crippen molar-refractivity contribution in [1.82, 2.24) is 0 Å². The van der Waals surface area contributed by atoms with Crippen LogP contribution in [0.15, 0.2) is 84.0 Å². The lowest BCUT2D eigenvalue weighted by atomic mass is 9.74. The van der Waals surface area contributed by atoms with E-state index in [2.05, 4.69) is 103 Å². The van der Waals surface area contributed by atoms with Crippen LogP contribution in [0.4, 0.5) is 0 Å². The molecule has 0 N–H and O–H groups in total. The second-order valence-corrected chi connectivity index (χ2v) is 9.75. The molecule has 1 aromatic rings. The van der Waals surface area contributed by atoms with Gasteiger partial charge < -0.3 is 0 Å². The van der Waals surface area contributed by atoms with Crippen molar-refractivity contribution < 1.29 is 0 Å². The van der Waals surface area contributed by atoms with Crippen LogP contribution in [0.1, 0.15) is 118 Å². The van der Waals surface area contributed by atoms with Crippen molar-refractivity contribution in [2.24, 2.45) is 0 Å². The third-order valence-corrected chi connectivity index (χ3v) is 6.83. The van der Waals surface area contributed by atoms with E-state index in [1.807, 2.05) is 27.7 Å². The molecule has 1 aliphatic rings. The molecule has 1 aromatic carbocycles. The molecule has 36 heavy (non-hydrogen) atoms. The predicted octanol–water partition coefficient (Wildman–Crippen LogP) is 11.3. The van der Waals surface area contributed by atoms with Gasteiger partial charge in [-0.05, 0) is 99.8 Å². The van der Waals surface area contributed by atoms with Crippen LogP contribution in [-0.4, -0.2) is 0 Å². The molecule has 2 atom stereocenters. The standard InChI is InChI=1S/C31H40.C3H6.C2H6/c1-10-13-14-26(12-3)29-19-27(22(4)5)20-30(21-29)31(9)16-15-24(7)28(18-25(31)8)17-23(6)11-2;1-3-2;1-2/h2,15-21,26H,4,10,12-14H2,1,3,5-9H3;3H,1H2,2H3;1-2H3/b23-17+;;. The van der Waals surface area contributed by atoms with Gasteiger partial charge >= 0.3 is 0 Å². The minimum atomic E-state index is -0.176. The van der Waals surface area contributed by atoms with Crippen LogP contribution in [0.3, 0.4) is 0 Å². The van der Waals surface area contributed by atoms with Gasteiger partial charge in [-0.15, -0.1) is 13.0 Å². The maximum Gasteiger partial charge on any atom is 0.0317 e. The minimum absolute atomic E-state index is 0.176. The highest BCUT2D eigenvalue weighted by Gasteiger charge is 2.29. The normalized spacial score (nSPS) is 17.9. The number of allylic oxidation sites excluding steroid dienone is 10. The summed E-state index contributed by atoms with van der Waals surface area (Å²) in [7, 11) is 0. The van der Waals surface area contributed by atoms with Crippen LogP contribution >= 0.6 is 0 Å². The highest BCUT2D eigenvalue weighted by molar-refractivity contribution is 5.65. The molecule has 0 aliphatic heterocycles. The zero-order valence-corrected chi connectivity index (χ0v) is 25.0. The average molecular weight is 485 g/mol. The smallest absolute Gasteiger partial charge is 0.0317 e. The molecule has 0 saturated heterocycles. The van der Waals surface area contributed by atoms with Crippen molar-refractivity contribution in [2.75, 3.05) is 0 Å². The first-order chi connectivity index (χ1) is 17.1. The Labute approximate surface area is 224 Å². The Kier molecular flexibility index (Phi) is 15.5. The van der Waals surface area contributed by atoms with Gasteiger partial charge in [0.25, 0.3) is 0 Å². The second-order valence-electron chi connectivity index (χ2n) is 9.75. The van der Waals surface area contributed by atoms with Gasteiger partial charge in [-0.25, -0.2) is 0 Å². The average Bonchev–Trinajstić information content (AvgIpc) is 2.98. The Morgan fingerprint density at radius 1 is 1.14 bits per heavy atom. The maximum absolute atomic E-state index is 5.60. The molecule has 2 unspecified atom stereocenters. The molecule has 0 saturated carbocycles. The first-order valence-corrected chi connectivity index (χ1v) is 13.7. The molecule has 0 radical (unpaired) electrons. The molecule has 0 heterocycles. The van der Waals surface area contributed by atoms with Crippen LogP contribution in [0.5, 0.6) is 0 Å². The van der Waals surface area contributed by atoms with E-state index in [-0.39, 0.29) is 5.41 Å². The summed E-state index contributed by atoms with van der Waals surface area (Å²) in [4.78, 5) is 0. The zero-order valence-electron chi connectivity index (χ0n) is 25.0. The molecular weight excluding hydrogens is 432 g/mol. The third kappa shape index (κ3) is 9.35. The van der Waals surface area contributed by atoms with E-state index in [9.17, 15) is 0 Å². The number of terminal acetylenes is 1. The minimum Gasteiger partial charge on any atom is -0.115 e. The van der Waals surface area contributed by atoms with Gasteiger partial charge in [-0.2, -0.15) is 0 Å². The molecule has 0 fully saturated rings. The summed E-state index contributed by atoms with van der Waals surface area (Å²) in [6, 6.07) is 7.15. The molecule has 0 bridgehead atoms. The summed E-state index contributed by atoms with van der Waals surface area (Å²) in [5.74, 6) is 3.34. The van der Waals surface area contributed by atoms with Gasteiger partial charge in [0.05, 0.1) is 0 Å². The predicted molar refractivity (Wildman–Crippen MR) is 166 cm³/mol. The van der Waals surface area contributed by atoms with Crippen molar-refractivity contribution in [3.63, 3.8) is 0 Å². The van der Waals surface area contributed by atoms with Crippen LogP contribution < -0.4 is 0 Å². The maximum atomic E-state index is 5.60. The fraction of sp³-hybridized carbons (Fsp3) is 0.444. The fourth-order valence-electron chi connectivity index (χ4n) is 4.26. The van der Waals surface area contributed by atoms with E-state index in [4.69, 9.17) is 6.42 Å². The van der Waals surface area contributed by atoms with E-state index in [1.54, 1.807) is 6.08 Å². The SMILES string of the molecule is C#C/C(C)=C/C1=C(C)C=CC(C)(c2cc(C(=C)C)cc(C(CC)CCCC)c2)C(C)=C1.C=CC.CC. The van der Waals surface area contributed by atoms with Gasteiger partial charge in [0.2, 0.25) is 0 Å². The van der Waals surface area contributed by atoms with Crippen molar-refractivity contribution >= 4 is 5.57 Å². The summed E-state index contributed by atoms with van der Waals surface area (Å²) in [6.45, 7) is 28.9. The quantitative estimate of drug-likeness (QED) is 0.254. The van der Waals surface area contributed by atoms with Crippen molar-refractivity contribution in [3.8, 4) is 12.3 Å². The summed E-state index contributed by atoms with van der Waals surface area (Å²) in [5, 5.41) is 0. The Morgan fingerprint density at radius 2 is 1.75 bits per heavy atom. The van der Waals surface area contributed by atoms with Crippen LogP contribution in [0.25, 0.3) is 5.57 Å². The highest BCUT2D eigenvalue weighted by atomic mass is 14.3. The monoisotopic (exact) mass is 484 g/mol. The lowest BCUT2D eigenvalue weighted by Crippen LogP contribution is -2.21. The molecule has 196 valence electrons. The Balaban J connectivity index is 0.00000227. The Morgan fingerprint density at radius 3 is 2.25 bits per heavy atom. The zero-order chi connectivity index (χ0) is 27.9. The molecule has 0 spiro atoms. The Bertz CT molecular complexity index is 1030. The molecule has 0 amide bonds. The van der Waals surface area contributed by atoms with E-state index >= 15 is 0 Å². The highest BCUT2D eigenvalue weighted by Crippen LogP contribution is 2.40. The van der Waals surface area contributed by atoms with Gasteiger partial charge in [0.1, 0.15) is 0 Å². The number of hydrogen-bond donors (Lipinski definition) is 0. The molecule has 2 rings (SSSR count). The number of benzene rings is 1. The molecular formula is C36H52. The van der Waals surface area contributed by atoms with E-state index in [1.165, 1.54) is 59.1 Å².